The summed E-state index contributed by atoms with van der Waals surface area (Å²) in [7, 11) is 0. The summed E-state index contributed by atoms with van der Waals surface area (Å²) in [5, 5.41) is 11.2. The fourth-order valence-corrected chi connectivity index (χ4v) is 6.98. The minimum atomic E-state index is -0.881. The van der Waals surface area contributed by atoms with Crippen LogP contribution in [-0.4, -0.2) is 90.6 Å². The fourth-order valence-electron chi connectivity index (χ4n) is 6.98. The minimum absolute atomic E-state index is 0.0232. The third-order valence-electron chi connectivity index (χ3n) is 9.82. The highest BCUT2D eigenvalue weighted by molar-refractivity contribution is 5.92. The number of H-pyrrole nitrogens is 1. The minimum Gasteiger partial charge on any atom is -0.481 e. The van der Waals surface area contributed by atoms with Gasteiger partial charge in [0.2, 0.25) is 0 Å². The van der Waals surface area contributed by atoms with Gasteiger partial charge in [-0.1, -0.05) is 97.9 Å². The molecule has 0 spiro atoms. The number of hydrogen-bond acceptors (Lipinski definition) is 7. The Bertz CT molecular complexity index is 2050. The number of rotatable bonds is 20. The molecule has 1 heterocycles. The lowest BCUT2D eigenvalue weighted by Gasteiger charge is -2.23. The van der Waals surface area contributed by atoms with Crippen LogP contribution >= 0.6 is 0 Å². The third-order valence-corrected chi connectivity index (χ3v) is 9.82. The number of para-hydroxylation sites is 1. The van der Waals surface area contributed by atoms with E-state index in [1.165, 1.54) is 22.0 Å². The number of carbonyl (C=O) groups is 3. The Morgan fingerprint density at radius 1 is 0.804 bits per heavy atom. The van der Waals surface area contributed by atoms with Crippen LogP contribution in [0.3, 0.4) is 0 Å². The van der Waals surface area contributed by atoms with Crippen LogP contribution in [-0.2, 0) is 36.8 Å². The van der Waals surface area contributed by atoms with Gasteiger partial charge in [0, 0.05) is 55.3 Å². The standard InChI is InChI=1S/C45H50N4O7/c1-2-23-49(45(53)56-32-41-39-12-5-3-10-37(39)38-11-4-6-13-40(38)41)47-43(50)20-19-33-15-17-34(18-16-33)31-48(25-27-55-29-28-54-26-22-44(51)52)24-21-35-30-46-42-14-8-7-9-36(35)42/h3-20,30,41,46H,2,21-29,31-32H2,1H3,(H,47,50)(H,51,52)/b20-19+. The van der Waals surface area contributed by atoms with Crippen LogP contribution in [0.1, 0.15) is 53.5 Å². The number of carbonyl (C=O) groups excluding carboxylic acids is 2. The van der Waals surface area contributed by atoms with Crippen molar-refractivity contribution < 1.29 is 33.7 Å². The van der Waals surface area contributed by atoms with Crippen LogP contribution in [0.4, 0.5) is 4.79 Å². The Hall–Kier alpha value is -5.75. The number of hydrazine groups is 1. The summed E-state index contributed by atoms with van der Waals surface area (Å²) >= 11 is 0. The van der Waals surface area contributed by atoms with Gasteiger partial charge in [-0.3, -0.25) is 19.9 Å². The van der Waals surface area contributed by atoms with Gasteiger partial charge in [-0.25, -0.2) is 9.80 Å². The van der Waals surface area contributed by atoms with Gasteiger partial charge in [0.1, 0.15) is 6.61 Å². The number of nitrogens with one attached hydrogen (secondary N) is 2. The predicted octanol–water partition coefficient (Wildman–Crippen LogP) is 7.43. The lowest BCUT2D eigenvalue weighted by Crippen LogP contribution is -2.46. The number of carboxylic acids is 1. The molecule has 1 aromatic heterocycles. The SMILES string of the molecule is CCCN(NC(=O)/C=C/c1ccc(CN(CCOCCOCCC(=O)O)CCc2c[nH]c3ccccc23)cc1)C(=O)OCC1c2ccccc2-c2ccccc21. The van der Waals surface area contributed by atoms with Gasteiger partial charge in [0.25, 0.3) is 5.91 Å². The summed E-state index contributed by atoms with van der Waals surface area (Å²) in [5.41, 5.74) is 11.6. The van der Waals surface area contributed by atoms with Crippen molar-refractivity contribution >= 4 is 34.9 Å². The average Bonchev–Trinajstić information content (AvgIpc) is 3.78. The van der Waals surface area contributed by atoms with E-state index >= 15 is 0 Å². The number of aromatic nitrogens is 1. The smallest absolute Gasteiger partial charge is 0.428 e. The molecule has 4 aromatic carbocycles. The van der Waals surface area contributed by atoms with Crippen molar-refractivity contribution in [3.8, 4) is 11.1 Å². The van der Waals surface area contributed by atoms with Crippen molar-refractivity contribution in [3.05, 3.63) is 137 Å². The van der Waals surface area contributed by atoms with Crippen LogP contribution in [0.15, 0.2) is 109 Å². The Morgan fingerprint density at radius 3 is 2.20 bits per heavy atom. The number of fused-ring (bicyclic) bond motifs is 4. The van der Waals surface area contributed by atoms with E-state index in [9.17, 15) is 14.4 Å². The second-order valence-electron chi connectivity index (χ2n) is 13.8. The van der Waals surface area contributed by atoms with Crippen molar-refractivity contribution in [2.75, 3.05) is 52.7 Å². The van der Waals surface area contributed by atoms with Crippen LogP contribution in [0.25, 0.3) is 28.1 Å². The molecule has 0 aliphatic heterocycles. The average molecular weight is 759 g/mol. The Morgan fingerprint density at radius 2 is 1.48 bits per heavy atom. The number of carboxylic acid groups (broad SMARTS) is 1. The molecule has 0 radical (unpaired) electrons. The maximum atomic E-state index is 13.2. The maximum absolute atomic E-state index is 13.2. The third kappa shape index (κ3) is 10.9. The first-order valence-corrected chi connectivity index (χ1v) is 19.2. The van der Waals surface area contributed by atoms with Gasteiger partial charge in [-0.05, 0) is 63.9 Å². The summed E-state index contributed by atoms with van der Waals surface area (Å²) in [6.07, 6.45) is 6.11. The zero-order valence-electron chi connectivity index (χ0n) is 31.8. The summed E-state index contributed by atoms with van der Waals surface area (Å²) in [5.74, 6) is -1.38. The monoisotopic (exact) mass is 758 g/mol. The van der Waals surface area contributed by atoms with E-state index in [4.69, 9.17) is 19.3 Å². The summed E-state index contributed by atoms with van der Waals surface area (Å²) in [4.78, 5) is 42.6. The zero-order chi connectivity index (χ0) is 39.1. The molecule has 2 amide bonds. The molecular weight excluding hydrogens is 709 g/mol. The van der Waals surface area contributed by atoms with Gasteiger partial charge in [0.05, 0.1) is 32.8 Å². The van der Waals surface area contributed by atoms with Crippen LogP contribution in [0.2, 0.25) is 0 Å². The molecular formula is C45H50N4O7. The van der Waals surface area contributed by atoms with E-state index in [0.29, 0.717) is 45.9 Å². The molecule has 56 heavy (non-hydrogen) atoms. The van der Waals surface area contributed by atoms with E-state index in [1.54, 1.807) is 6.08 Å². The molecule has 0 unspecified atom stereocenters. The number of hydrogen-bond donors (Lipinski definition) is 3. The Balaban J connectivity index is 1.00. The normalized spacial score (nSPS) is 12.2. The molecule has 5 aromatic rings. The molecule has 11 heteroatoms. The van der Waals surface area contributed by atoms with Crippen molar-refractivity contribution in [2.45, 2.75) is 38.6 Å². The number of benzene rings is 4. The molecule has 0 saturated carbocycles. The first kappa shape index (κ1) is 39.9. The number of ether oxygens (including phenoxy) is 3. The van der Waals surface area contributed by atoms with Crippen molar-refractivity contribution in [3.63, 3.8) is 0 Å². The predicted molar refractivity (Wildman–Crippen MR) is 217 cm³/mol. The summed E-state index contributed by atoms with van der Waals surface area (Å²) < 4.78 is 16.9. The molecule has 6 rings (SSSR count). The van der Waals surface area contributed by atoms with E-state index in [-0.39, 0.29) is 25.6 Å². The maximum Gasteiger partial charge on any atom is 0.428 e. The fraction of sp³-hybridized carbons (Fsp3) is 0.311. The number of nitrogens with zero attached hydrogens (tertiary/aromatic N) is 2. The van der Waals surface area contributed by atoms with Crippen LogP contribution in [0.5, 0.6) is 0 Å². The molecule has 1 aliphatic rings. The van der Waals surface area contributed by atoms with E-state index in [1.807, 2.05) is 61.5 Å². The van der Waals surface area contributed by atoms with Gasteiger partial charge >= 0.3 is 12.1 Å². The highest BCUT2D eigenvalue weighted by Gasteiger charge is 2.30. The first-order valence-electron chi connectivity index (χ1n) is 19.2. The van der Waals surface area contributed by atoms with Crippen LogP contribution in [0, 0.1) is 0 Å². The largest absolute Gasteiger partial charge is 0.481 e. The Labute approximate surface area is 327 Å². The first-order chi connectivity index (χ1) is 27.4. The summed E-state index contributed by atoms with van der Waals surface area (Å²) in [6, 6.07) is 32.7. The number of aromatic amines is 1. The molecule has 0 fully saturated rings. The van der Waals surface area contributed by atoms with Gasteiger partial charge < -0.3 is 24.3 Å². The lowest BCUT2D eigenvalue weighted by molar-refractivity contribution is -0.138. The molecule has 0 saturated heterocycles. The number of amides is 2. The number of aliphatic carboxylic acids is 1. The van der Waals surface area contributed by atoms with Gasteiger partial charge in [-0.15, -0.1) is 0 Å². The van der Waals surface area contributed by atoms with Crippen molar-refractivity contribution in [1.82, 2.24) is 20.3 Å². The molecule has 292 valence electrons. The van der Waals surface area contributed by atoms with E-state index in [0.717, 1.165) is 51.9 Å². The second kappa shape index (κ2) is 20.2. The molecule has 3 N–H and O–H groups in total. The molecule has 11 nitrogen and oxygen atoms in total. The highest BCUT2D eigenvalue weighted by atomic mass is 16.6. The molecule has 0 atom stereocenters. The topological polar surface area (TPSA) is 133 Å². The summed E-state index contributed by atoms with van der Waals surface area (Å²) in [6.45, 7) is 6.08. The zero-order valence-corrected chi connectivity index (χ0v) is 31.8. The van der Waals surface area contributed by atoms with Gasteiger partial charge in [0.15, 0.2) is 0 Å². The quantitative estimate of drug-likeness (QED) is 0.0424. The van der Waals surface area contributed by atoms with Gasteiger partial charge in [-0.2, -0.15) is 0 Å². The lowest BCUT2D eigenvalue weighted by atomic mass is 9.98. The Kier molecular flexibility index (Phi) is 14.4. The molecule has 1 aliphatic carbocycles. The van der Waals surface area contributed by atoms with Crippen molar-refractivity contribution in [1.29, 1.82) is 0 Å². The molecule has 0 bridgehead atoms. The van der Waals surface area contributed by atoms with Crippen molar-refractivity contribution in [2.24, 2.45) is 0 Å². The highest BCUT2D eigenvalue weighted by Crippen LogP contribution is 2.44. The second-order valence-corrected chi connectivity index (χ2v) is 13.8. The van der Waals surface area contributed by atoms with E-state index < -0.39 is 18.0 Å². The van der Waals surface area contributed by atoms with Crippen LogP contribution < -0.4 is 5.43 Å². The van der Waals surface area contributed by atoms with E-state index in [2.05, 4.69) is 64.0 Å².